The number of para-hydroxylation sites is 2. The van der Waals surface area contributed by atoms with Gasteiger partial charge in [-0.2, -0.15) is 0 Å². The molecule has 4 rings (SSSR count). The van der Waals surface area contributed by atoms with Crippen LogP contribution in [-0.2, 0) is 4.79 Å². The summed E-state index contributed by atoms with van der Waals surface area (Å²) in [5, 5.41) is 4.03. The summed E-state index contributed by atoms with van der Waals surface area (Å²) in [6.45, 7) is 0. The largest absolute Gasteiger partial charge is 0.289 e. The standard InChI is InChI=1S/C20H15ClN4OS/c21-19-17(24-13-14-27-20(24)22-19)11-12-18(26)23-25(15-7-3-1-4-8-15)16-9-5-2-6-10-16/h1-14H,(H,23,26). The van der Waals surface area contributed by atoms with Crippen LogP contribution in [0, 0.1) is 0 Å². The maximum atomic E-state index is 12.6. The van der Waals surface area contributed by atoms with E-state index in [1.165, 1.54) is 17.4 Å². The number of carbonyl (C=O) groups is 1. The average molecular weight is 395 g/mol. The van der Waals surface area contributed by atoms with Crippen molar-refractivity contribution in [3.63, 3.8) is 0 Å². The molecular weight excluding hydrogens is 380 g/mol. The molecular formula is C20H15ClN4OS. The van der Waals surface area contributed by atoms with E-state index in [4.69, 9.17) is 11.6 Å². The smallest absolute Gasteiger partial charge is 0.262 e. The van der Waals surface area contributed by atoms with Gasteiger partial charge in [0.1, 0.15) is 0 Å². The zero-order chi connectivity index (χ0) is 18.6. The Hall–Kier alpha value is -3.09. The Morgan fingerprint density at radius 1 is 1.07 bits per heavy atom. The Balaban J connectivity index is 1.59. The minimum atomic E-state index is -0.274. The number of hydrazine groups is 1. The number of fused-ring (bicyclic) bond motifs is 1. The van der Waals surface area contributed by atoms with E-state index in [2.05, 4.69) is 10.4 Å². The van der Waals surface area contributed by atoms with Crippen molar-refractivity contribution in [3.8, 4) is 0 Å². The lowest BCUT2D eigenvalue weighted by atomic mass is 10.2. The first-order chi connectivity index (χ1) is 13.2. The number of carbonyl (C=O) groups excluding carboxylic acids is 1. The number of halogens is 1. The Labute approximate surface area is 165 Å². The highest BCUT2D eigenvalue weighted by Gasteiger charge is 2.12. The van der Waals surface area contributed by atoms with E-state index in [0.717, 1.165) is 16.3 Å². The summed E-state index contributed by atoms with van der Waals surface area (Å²) in [6, 6.07) is 19.3. The van der Waals surface area contributed by atoms with Crippen molar-refractivity contribution in [2.24, 2.45) is 0 Å². The quantitative estimate of drug-likeness (QED) is 0.385. The number of benzene rings is 2. The molecule has 0 spiro atoms. The Kier molecular flexibility index (Phi) is 4.91. The fourth-order valence-corrected chi connectivity index (χ4v) is 3.67. The van der Waals surface area contributed by atoms with E-state index in [1.807, 2.05) is 76.6 Å². The molecule has 0 aliphatic heterocycles. The average Bonchev–Trinajstić information content (AvgIpc) is 3.26. The third-order valence-corrected chi connectivity index (χ3v) is 4.93. The van der Waals surface area contributed by atoms with Crippen LogP contribution in [0.5, 0.6) is 0 Å². The van der Waals surface area contributed by atoms with Crippen molar-refractivity contribution in [2.75, 3.05) is 5.01 Å². The van der Waals surface area contributed by atoms with Crippen LogP contribution in [-0.4, -0.2) is 15.3 Å². The van der Waals surface area contributed by atoms with E-state index >= 15 is 0 Å². The maximum Gasteiger partial charge on any atom is 0.262 e. The molecule has 2 aromatic heterocycles. The molecule has 1 amide bonds. The Morgan fingerprint density at radius 2 is 1.70 bits per heavy atom. The third-order valence-electron chi connectivity index (χ3n) is 3.90. The third kappa shape index (κ3) is 3.72. The number of nitrogens with zero attached hydrogens (tertiary/aromatic N) is 3. The van der Waals surface area contributed by atoms with E-state index in [0.29, 0.717) is 10.8 Å². The van der Waals surface area contributed by atoms with Gasteiger partial charge in [0.05, 0.1) is 17.1 Å². The predicted molar refractivity (Wildman–Crippen MR) is 110 cm³/mol. The van der Waals surface area contributed by atoms with E-state index in [9.17, 15) is 4.79 Å². The zero-order valence-electron chi connectivity index (χ0n) is 14.1. The van der Waals surface area contributed by atoms with Crippen LogP contribution in [0.4, 0.5) is 11.4 Å². The summed E-state index contributed by atoms with van der Waals surface area (Å²) >= 11 is 7.66. The first-order valence-electron chi connectivity index (χ1n) is 8.22. The highest BCUT2D eigenvalue weighted by molar-refractivity contribution is 7.15. The Bertz CT molecular complexity index is 1050. The second kappa shape index (κ2) is 7.65. The lowest BCUT2D eigenvalue weighted by molar-refractivity contribution is -0.116. The molecule has 0 saturated heterocycles. The minimum Gasteiger partial charge on any atom is -0.289 e. The van der Waals surface area contributed by atoms with Crippen molar-refractivity contribution in [3.05, 3.63) is 89.2 Å². The van der Waals surface area contributed by atoms with Crippen LogP contribution >= 0.6 is 22.9 Å². The molecule has 0 atom stereocenters. The van der Waals surface area contributed by atoms with E-state index in [-0.39, 0.29) is 5.91 Å². The van der Waals surface area contributed by atoms with Crippen LogP contribution in [0.2, 0.25) is 5.15 Å². The zero-order valence-corrected chi connectivity index (χ0v) is 15.7. The molecule has 0 unspecified atom stereocenters. The molecule has 0 aliphatic carbocycles. The molecule has 2 aromatic carbocycles. The molecule has 0 fully saturated rings. The fourth-order valence-electron chi connectivity index (χ4n) is 2.66. The summed E-state index contributed by atoms with van der Waals surface area (Å²) in [5.74, 6) is -0.274. The van der Waals surface area contributed by atoms with Crippen molar-refractivity contribution in [2.45, 2.75) is 0 Å². The lowest BCUT2D eigenvalue weighted by Crippen LogP contribution is -2.37. The molecule has 0 saturated carbocycles. The topological polar surface area (TPSA) is 49.6 Å². The van der Waals surface area contributed by atoms with Gasteiger partial charge in [0.15, 0.2) is 10.1 Å². The lowest BCUT2D eigenvalue weighted by Gasteiger charge is -2.24. The number of thiazole rings is 1. The highest BCUT2D eigenvalue weighted by atomic mass is 35.5. The molecule has 1 N–H and O–H groups in total. The van der Waals surface area contributed by atoms with Crippen LogP contribution in [0.15, 0.2) is 78.3 Å². The number of hydrogen-bond donors (Lipinski definition) is 1. The minimum absolute atomic E-state index is 0.274. The SMILES string of the molecule is O=C(C=Cc1c(Cl)nc2sccn12)NN(c1ccccc1)c1ccccc1. The second-order valence-corrected chi connectivity index (χ2v) is 6.89. The van der Waals surface area contributed by atoms with Gasteiger partial charge in [0.25, 0.3) is 5.91 Å². The number of rotatable bonds is 5. The number of imidazole rings is 1. The van der Waals surface area contributed by atoms with Gasteiger partial charge in [0.2, 0.25) is 0 Å². The van der Waals surface area contributed by atoms with Gasteiger partial charge < -0.3 is 0 Å². The van der Waals surface area contributed by atoms with Crippen molar-refractivity contribution in [1.82, 2.24) is 14.8 Å². The van der Waals surface area contributed by atoms with Crippen molar-refractivity contribution in [1.29, 1.82) is 0 Å². The number of aromatic nitrogens is 2. The molecule has 0 bridgehead atoms. The van der Waals surface area contributed by atoms with Gasteiger partial charge in [-0.25, -0.2) is 4.98 Å². The molecule has 134 valence electrons. The number of nitrogens with one attached hydrogen (secondary N) is 1. The first-order valence-corrected chi connectivity index (χ1v) is 9.48. The molecule has 0 aliphatic rings. The van der Waals surface area contributed by atoms with E-state index in [1.54, 1.807) is 11.1 Å². The predicted octanol–water partition coefficient (Wildman–Crippen LogP) is 4.93. The van der Waals surface area contributed by atoms with Gasteiger partial charge >= 0.3 is 0 Å². The van der Waals surface area contributed by atoms with Crippen LogP contribution < -0.4 is 10.4 Å². The van der Waals surface area contributed by atoms with Gasteiger partial charge in [-0.15, -0.1) is 11.3 Å². The summed E-state index contributed by atoms with van der Waals surface area (Å²) in [6.07, 6.45) is 4.99. The van der Waals surface area contributed by atoms with Gasteiger partial charge in [-0.3, -0.25) is 19.6 Å². The molecule has 2 heterocycles. The normalized spacial score (nSPS) is 11.1. The second-order valence-electron chi connectivity index (χ2n) is 5.66. The summed E-state index contributed by atoms with van der Waals surface area (Å²) in [4.78, 5) is 17.6. The van der Waals surface area contributed by atoms with Gasteiger partial charge in [-0.05, 0) is 30.3 Å². The molecule has 0 radical (unpaired) electrons. The number of anilines is 2. The molecule has 4 aromatic rings. The van der Waals surface area contributed by atoms with Gasteiger partial charge in [0, 0.05) is 17.7 Å². The summed E-state index contributed by atoms with van der Waals surface area (Å²) in [5.41, 5.74) is 5.30. The monoisotopic (exact) mass is 394 g/mol. The maximum absolute atomic E-state index is 12.6. The van der Waals surface area contributed by atoms with Gasteiger partial charge in [-0.1, -0.05) is 48.0 Å². The van der Waals surface area contributed by atoms with E-state index < -0.39 is 0 Å². The Morgan fingerprint density at radius 3 is 2.33 bits per heavy atom. The van der Waals surface area contributed by atoms with Crippen LogP contribution in [0.1, 0.15) is 5.69 Å². The first kappa shape index (κ1) is 17.3. The van der Waals surface area contributed by atoms with Crippen LogP contribution in [0.3, 0.4) is 0 Å². The summed E-state index contributed by atoms with van der Waals surface area (Å²) < 4.78 is 1.85. The molecule has 27 heavy (non-hydrogen) atoms. The van der Waals surface area contributed by atoms with Crippen molar-refractivity contribution < 1.29 is 4.79 Å². The fraction of sp³-hybridized carbons (Fsp3) is 0. The summed E-state index contributed by atoms with van der Waals surface area (Å²) in [7, 11) is 0. The number of hydrogen-bond acceptors (Lipinski definition) is 4. The van der Waals surface area contributed by atoms with Crippen LogP contribution in [0.25, 0.3) is 11.0 Å². The highest BCUT2D eigenvalue weighted by Crippen LogP contribution is 2.24. The van der Waals surface area contributed by atoms with Crippen molar-refractivity contribution >= 4 is 51.3 Å². The molecule has 5 nitrogen and oxygen atoms in total. The number of amides is 1. The molecule has 7 heteroatoms.